The third-order valence-electron chi connectivity index (χ3n) is 5.24. The zero-order valence-electron chi connectivity index (χ0n) is 18.5. The molecule has 1 atom stereocenters. The van der Waals surface area contributed by atoms with Crippen LogP contribution in [0.25, 0.3) is 0 Å². The lowest BCUT2D eigenvalue weighted by Gasteiger charge is -2.19. The monoisotopic (exact) mass is 566 g/mol. The van der Waals surface area contributed by atoms with Crippen molar-refractivity contribution in [1.82, 2.24) is 19.5 Å². The van der Waals surface area contributed by atoms with Crippen molar-refractivity contribution < 1.29 is 8.42 Å². The molecule has 0 bridgehead atoms. The summed E-state index contributed by atoms with van der Waals surface area (Å²) in [6.45, 7) is 0. The highest BCUT2D eigenvalue weighted by Crippen LogP contribution is 2.29. The Morgan fingerprint density at radius 3 is 2.31 bits per heavy atom. The normalized spacial score (nSPS) is 12.6. The summed E-state index contributed by atoms with van der Waals surface area (Å²) in [5.41, 5.74) is 1.95. The molecule has 0 radical (unpaired) electrons. The molecule has 0 saturated carbocycles. The maximum Gasteiger partial charge on any atom is 0.241 e. The molecule has 0 aliphatic rings. The van der Waals surface area contributed by atoms with Crippen LogP contribution in [0.5, 0.6) is 0 Å². The predicted molar refractivity (Wildman–Crippen MR) is 142 cm³/mol. The first-order chi connectivity index (χ1) is 16.7. The van der Waals surface area contributed by atoms with Crippen LogP contribution in [0.1, 0.15) is 23.0 Å². The Bertz CT molecular complexity index is 1410. The van der Waals surface area contributed by atoms with Crippen molar-refractivity contribution in [3.63, 3.8) is 0 Å². The van der Waals surface area contributed by atoms with Gasteiger partial charge >= 0.3 is 0 Å². The molecule has 0 amide bonds. The number of thioether (sulfide) groups is 1. The van der Waals surface area contributed by atoms with E-state index in [4.69, 9.17) is 34.8 Å². The lowest BCUT2D eigenvalue weighted by atomic mass is 10.1. The van der Waals surface area contributed by atoms with Crippen molar-refractivity contribution in [1.29, 1.82) is 0 Å². The summed E-state index contributed by atoms with van der Waals surface area (Å²) in [7, 11) is -2.02. The fourth-order valence-electron chi connectivity index (χ4n) is 3.44. The zero-order chi connectivity index (χ0) is 25.0. The summed E-state index contributed by atoms with van der Waals surface area (Å²) in [6, 6.07) is 20.5. The first kappa shape index (κ1) is 26.0. The molecule has 0 aliphatic carbocycles. The number of benzene rings is 3. The molecule has 4 rings (SSSR count). The molecular weight excluding hydrogens is 547 g/mol. The van der Waals surface area contributed by atoms with Gasteiger partial charge in [0.1, 0.15) is 0 Å². The first-order valence-corrected chi connectivity index (χ1v) is 14.1. The molecule has 1 unspecified atom stereocenters. The topological polar surface area (TPSA) is 76.9 Å². The Morgan fingerprint density at radius 2 is 1.63 bits per heavy atom. The molecular formula is C24H21Cl3N4O2S2. The van der Waals surface area contributed by atoms with E-state index in [1.54, 1.807) is 22.8 Å². The van der Waals surface area contributed by atoms with E-state index >= 15 is 0 Å². The van der Waals surface area contributed by atoms with Crippen LogP contribution in [-0.2, 0) is 29.2 Å². The number of hydrogen-bond donors (Lipinski definition) is 1. The average Bonchev–Trinajstić information content (AvgIpc) is 3.20. The van der Waals surface area contributed by atoms with Crippen molar-refractivity contribution in [2.75, 3.05) is 0 Å². The quantitative estimate of drug-likeness (QED) is 0.239. The van der Waals surface area contributed by atoms with Gasteiger partial charge < -0.3 is 4.57 Å². The number of nitrogens with zero attached hydrogens (tertiary/aromatic N) is 3. The summed E-state index contributed by atoms with van der Waals surface area (Å²) < 4.78 is 30.9. The average molecular weight is 568 g/mol. The first-order valence-electron chi connectivity index (χ1n) is 10.5. The van der Waals surface area contributed by atoms with E-state index in [0.717, 1.165) is 11.1 Å². The summed E-state index contributed by atoms with van der Waals surface area (Å²) >= 11 is 19.5. The van der Waals surface area contributed by atoms with Crippen LogP contribution in [-0.4, -0.2) is 23.2 Å². The SMILES string of the molecule is Cn1c(SCc2ccc(Cl)c(Cl)c2)nnc1C(Cc1ccccc1)NS(=O)(=O)c1ccc(Cl)cc1. The molecule has 3 aromatic carbocycles. The number of halogens is 3. The van der Waals surface area contributed by atoms with Gasteiger partial charge in [0.15, 0.2) is 11.0 Å². The Kier molecular flexibility index (Phi) is 8.42. The second kappa shape index (κ2) is 11.3. The molecule has 11 heteroatoms. The highest BCUT2D eigenvalue weighted by Gasteiger charge is 2.26. The fourth-order valence-corrected chi connectivity index (χ4v) is 5.94. The predicted octanol–water partition coefficient (Wildman–Crippen LogP) is 6.33. The van der Waals surface area contributed by atoms with Crippen molar-refractivity contribution >= 4 is 56.6 Å². The van der Waals surface area contributed by atoms with Crippen molar-refractivity contribution in [3.05, 3.63) is 105 Å². The smallest absolute Gasteiger partial charge is 0.241 e. The van der Waals surface area contributed by atoms with E-state index in [1.807, 2.05) is 49.5 Å². The van der Waals surface area contributed by atoms with E-state index in [2.05, 4.69) is 14.9 Å². The molecule has 1 aromatic heterocycles. The Hall–Kier alpha value is -2.07. The summed E-state index contributed by atoms with van der Waals surface area (Å²) in [6.07, 6.45) is 0.400. The van der Waals surface area contributed by atoms with Gasteiger partial charge in [-0.1, -0.05) is 83.0 Å². The van der Waals surface area contributed by atoms with E-state index in [0.29, 0.717) is 38.2 Å². The van der Waals surface area contributed by atoms with Gasteiger partial charge in [-0.05, 0) is 53.9 Å². The molecule has 182 valence electrons. The van der Waals surface area contributed by atoms with Crippen LogP contribution in [0.3, 0.4) is 0 Å². The number of hydrogen-bond acceptors (Lipinski definition) is 5. The molecule has 1 heterocycles. The Labute approximate surface area is 223 Å². The number of rotatable bonds is 9. The van der Waals surface area contributed by atoms with Gasteiger partial charge in [0.2, 0.25) is 10.0 Å². The minimum Gasteiger partial charge on any atom is -0.308 e. The van der Waals surface area contributed by atoms with Gasteiger partial charge in [0, 0.05) is 17.8 Å². The number of aromatic nitrogens is 3. The van der Waals surface area contributed by atoms with E-state index in [1.165, 1.54) is 23.9 Å². The van der Waals surface area contributed by atoms with Crippen LogP contribution in [0.2, 0.25) is 15.1 Å². The molecule has 4 aromatic rings. The summed E-state index contributed by atoms with van der Waals surface area (Å²) in [5.74, 6) is 1.10. The van der Waals surface area contributed by atoms with E-state index in [-0.39, 0.29) is 4.90 Å². The number of nitrogens with one attached hydrogen (secondary N) is 1. The highest BCUT2D eigenvalue weighted by molar-refractivity contribution is 7.98. The van der Waals surface area contributed by atoms with Gasteiger partial charge in [-0.25, -0.2) is 13.1 Å². The Morgan fingerprint density at radius 1 is 0.914 bits per heavy atom. The third-order valence-corrected chi connectivity index (χ3v) is 8.81. The standard InChI is InChI=1S/C24H21Cl3N4O2S2/c1-31-23(28-29-24(31)34-15-17-7-12-20(26)21(27)13-17)22(14-16-5-3-2-4-6-16)30-35(32,33)19-10-8-18(25)9-11-19/h2-13,22,30H,14-15H2,1H3. The minimum atomic E-state index is -3.84. The summed E-state index contributed by atoms with van der Waals surface area (Å²) in [4.78, 5) is 0.122. The molecule has 0 saturated heterocycles. The zero-order valence-corrected chi connectivity index (χ0v) is 22.4. The van der Waals surface area contributed by atoms with E-state index in [9.17, 15) is 8.42 Å². The molecule has 35 heavy (non-hydrogen) atoms. The maximum atomic E-state index is 13.2. The van der Waals surface area contributed by atoms with Gasteiger partial charge in [-0.2, -0.15) is 0 Å². The fraction of sp³-hybridized carbons (Fsp3) is 0.167. The lowest BCUT2D eigenvalue weighted by Crippen LogP contribution is -2.32. The van der Waals surface area contributed by atoms with Crippen LogP contribution in [0, 0.1) is 0 Å². The molecule has 6 nitrogen and oxygen atoms in total. The van der Waals surface area contributed by atoms with Gasteiger partial charge in [-0.3, -0.25) is 0 Å². The molecule has 0 fully saturated rings. The van der Waals surface area contributed by atoms with Gasteiger partial charge in [0.25, 0.3) is 0 Å². The third kappa shape index (κ3) is 6.58. The van der Waals surface area contributed by atoms with Crippen LogP contribution in [0.15, 0.2) is 82.8 Å². The summed E-state index contributed by atoms with van der Waals surface area (Å²) in [5, 5.41) is 10.8. The van der Waals surface area contributed by atoms with Crippen LogP contribution < -0.4 is 4.72 Å². The van der Waals surface area contributed by atoms with Crippen molar-refractivity contribution in [2.45, 2.75) is 28.3 Å². The second-order valence-corrected chi connectivity index (χ2v) is 11.7. The van der Waals surface area contributed by atoms with E-state index < -0.39 is 16.1 Å². The highest BCUT2D eigenvalue weighted by atomic mass is 35.5. The maximum absolute atomic E-state index is 13.2. The second-order valence-electron chi connectivity index (χ2n) is 7.75. The lowest BCUT2D eigenvalue weighted by molar-refractivity contribution is 0.530. The van der Waals surface area contributed by atoms with Crippen LogP contribution in [0.4, 0.5) is 0 Å². The van der Waals surface area contributed by atoms with Crippen molar-refractivity contribution in [3.8, 4) is 0 Å². The van der Waals surface area contributed by atoms with Crippen LogP contribution >= 0.6 is 46.6 Å². The molecule has 0 spiro atoms. The van der Waals surface area contributed by atoms with Gasteiger partial charge in [-0.15, -0.1) is 10.2 Å². The van der Waals surface area contributed by atoms with Gasteiger partial charge in [0.05, 0.1) is 21.0 Å². The largest absolute Gasteiger partial charge is 0.308 e. The molecule has 1 N–H and O–H groups in total. The van der Waals surface area contributed by atoms with Crippen molar-refractivity contribution in [2.24, 2.45) is 7.05 Å². The molecule has 0 aliphatic heterocycles. The minimum absolute atomic E-state index is 0.122. The Balaban J connectivity index is 1.60. The number of sulfonamides is 1.